The lowest BCUT2D eigenvalue weighted by Gasteiger charge is -2.23. The van der Waals surface area contributed by atoms with Gasteiger partial charge in [0.1, 0.15) is 48.6 Å². The van der Waals surface area contributed by atoms with Crippen LogP contribution in [0.1, 0.15) is 54.6 Å². The van der Waals surface area contributed by atoms with E-state index in [1.807, 2.05) is 0 Å². The summed E-state index contributed by atoms with van der Waals surface area (Å²) in [5, 5.41) is 59.6. The largest absolute Gasteiger partial charge is 0.551 e. The van der Waals surface area contributed by atoms with Crippen molar-refractivity contribution in [3.8, 4) is 0 Å². The average molecular weight is 835 g/mol. The summed E-state index contributed by atoms with van der Waals surface area (Å²) in [6.07, 6.45) is -8.60. The first-order valence-corrected chi connectivity index (χ1v) is 19.9. The number of aromatic nitrogens is 6. The maximum absolute atomic E-state index is 15.0. The van der Waals surface area contributed by atoms with E-state index < -0.39 is 116 Å². The van der Waals surface area contributed by atoms with Crippen molar-refractivity contribution in [1.29, 1.82) is 0 Å². The van der Waals surface area contributed by atoms with Crippen LogP contribution in [-0.4, -0.2) is 114 Å². The van der Waals surface area contributed by atoms with E-state index in [-0.39, 0.29) is 61.0 Å². The second-order valence-corrected chi connectivity index (χ2v) is 16.9. The molecule has 0 aromatic carbocycles. The van der Waals surface area contributed by atoms with Crippen LogP contribution >= 0.6 is 18.4 Å². The van der Waals surface area contributed by atoms with E-state index in [9.17, 15) is 64.0 Å². The van der Waals surface area contributed by atoms with E-state index in [0.717, 1.165) is 32.3 Å². The molecule has 9 atom stereocenters. The zero-order valence-electron chi connectivity index (χ0n) is 29.8. The maximum Gasteiger partial charge on any atom is 0.551 e. The van der Waals surface area contributed by atoms with Gasteiger partial charge in [-0.15, -0.1) is 0 Å². The molecule has 0 unspecified atom stereocenters. The van der Waals surface area contributed by atoms with Gasteiger partial charge in [-0.3, -0.25) is 28.1 Å². The fourth-order valence-electron chi connectivity index (χ4n) is 6.34. The molecule has 0 amide bonds. The monoisotopic (exact) mass is 834 g/mol. The smallest absolute Gasteiger partial charge is 0.394 e. The highest BCUT2D eigenvalue weighted by molar-refractivity contribution is 8.54. The van der Waals surface area contributed by atoms with Crippen molar-refractivity contribution in [2.75, 3.05) is 19.8 Å². The Morgan fingerprint density at radius 1 is 0.607 bits per heavy atom. The van der Waals surface area contributed by atoms with Gasteiger partial charge in [0.25, 0.3) is 16.7 Å². The van der Waals surface area contributed by atoms with Gasteiger partial charge in [-0.2, -0.15) is 3.97 Å². The van der Waals surface area contributed by atoms with Crippen molar-refractivity contribution in [1.82, 2.24) is 27.1 Å². The SMILES string of the molecule is Cc1cn([C@H]2C[C@H](O)[C@@H](CO)O2)c(=O)n(OP(=O)(On2c(=O)c(C)cn([C@H]3C[C@H](O)[C@@H](CO)O3)c2=O)Sn2c(=O)c(C)cn([C@H]3C[C@H](O)[C@@H](CO)O3)c2=O)c1=O. The van der Waals surface area contributed by atoms with Crippen LogP contribution in [0.2, 0.25) is 0 Å². The number of aliphatic hydroxyl groups excluding tert-OH is 6. The van der Waals surface area contributed by atoms with Crippen molar-refractivity contribution in [3.63, 3.8) is 0 Å². The first-order chi connectivity index (χ1) is 26.4. The van der Waals surface area contributed by atoms with Gasteiger partial charge in [0.2, 0.25) is 0 Å². The van der Waals surface area contributed by atoms with Crippen molar-refractivity contribution >= 4 is 18.4 Å². The number of aryl methyl sites for hydroxylation is 3. The summed E-state index contributed by atoms with van der Waals surface area (Å²) < 4.78 is 44.9. The first-order valence-electron chi connectivity index (χ1n) is 17.0. The number of ether oxygens (including phenoxy) is 3. The third-order valence-electron chi connectivity index (χ3n) is 9.38. The van der Waals surface area contributed by atoms with Crippen molar-refractivity contribution in [3.05, 3.63) is 97.8 Å². The van der Waals surface area contributed by atoms with Crippen molar-refractivity contribution in [2.24, 2.45) is 0 Å². The Balaban J connectivity index is 1.51. The second-order valence-electron chi connectivity index (χ2n) is 13.3. The molecule has 3 aromatic rings. The Bertz CT molecular complexity index is 2150. The molecule has 0 bridgehead atoms. The van der Waals surface area contributed by atoms with Gasteiger partial charge >= 0.3 is 23.9 Å². The fraction of sp³-hybridized carbons (Fsp3) is 0.600. The third-order valence-corrected chi connectivity index (χ3v) is 12.3. The number of nitrogens with zero attached hydrogens (tertiary/aromatic N) is 6. The fourth-order valence-corrected chi connectivity index (χ4v) is 9.31. The lowest BCUT2D eigenvalue weighted by atomic mass is 10.2. The van der Waals surface area contributed by atoms with Crippen LogP contribution < -0.4 is 43.0 Å². The van der Waals surface area contributed by atoms with Gasteiger partial charge in [0.05, 0.1) is 38.1 Å². The van der Waals surface area contributed by atoms with E-state index in [4.69, 9.17) is 23.5 Å². The lowest BCUT2D eigenvalue weighted by Crippen LogP contribution is -2.48. The van der Waals surface area contributed by atoms with Gasteiger partial charge in [0.15, 0.2) is 0 Å². The summed E-state index contributed by atoms with van der Waals surface area (Å²) in [4.78, 5) is 82.0. The van der Waals surface area contributed by atoms with Gasteiger partial charge in [-0.1, -0.05) is 9.46 Å². The molecule has 26 heteroatoms. The molecule has 6 heterocycles. The predicted octanol–water partition coefficient (Wildman–Crippen LogP) is -4.63. The van der Waals surface area contributed by atoms with Gasteiger partial charge in [-0.25, -0.2) is 18.9 Å². The quantitative estimate of drug-likeness (QED) is 0.0935. The van der Waals surface area contributed by atoms with Crippen LogP contribution in [0.15, 0.2) is 47.4 Å². The van der Waals surface area contributed by atoms with E-state index in [1.165, 1.54) is 20.8 Å². The minimum Gasteiger partial charge on any atom is -0.394 e. The van der Waals surface area contributed by atoms with Crippen LogP contribution in [0.25, 0.3) is 0 Å². The normalized spacial score (nSPS) is 27.9. The summed E-state index contributed by atoms with van der Waals surface area (Å²) in [7, 11) is 0. The summed E-state index contributed by atoms with van der Waals surface area (Å²) in [5.74, 6) is 0. The topological polar surface area (TPSA) is 317 Å². The Kier molecular flexibility index (Phi) is 11.9. The van der Waals surface area contributed by atoms with Crippen LogP contribution in [0.4, 0.5) is 0 Å². The summed E-state index contributed by atoms with van der Waals surface area (Å²) >= 11 is -0.350. The highest BCUT2D eigenvalue weighted by Gasteiger charge is 2.42. The molecule has 0 saturated carbocycles. The van der Waals surface area contributed by atoms with Crippen LogP contribution in [0, 0.1) is 20.8 Å². The Morgan fingerprint density at radius 2 is 0.929 bits per heavy atom. The molecule has 0 aliphatic carbocycles. The molecule has 0 radical (unpaired) electrons. The molecule has 3 aliphatic heterocycles. The van der Waals surface area contributed by atoms with E-state index in [2.05, 4.69) is 0 Å². The molecule has 308 valence electrons. The highest BCUT2D eigenvalue weighted by Crippen LogP contribution is 2.54. The second kappa shape index (κ2) is 16.0. The molecule has 6 N–H and O–H groups in total. The van der Waals surface area contributed by atoms with Gasteiger partial charge < -0.3 is 54.1 Å². The molecule has 3 aromatic heterocycles. The molecule has 3 fully saturated rings. The van der Waals surface area contributed by atoms with Gasteiger partial charge in [0, 0.05) is 54.5 Å². The minimum absolute atomic E-state index is 0.0889. The van der Waals surface area contributed by atoms with Crippen molar-refractivity contribution in [2.45, 2.75) is 95.3 Å². The van der Waals surface area contributed by atoms with E-state index in [1.54, 1.807) is 0 Å². The number of rotatable bonds is 12. The molecule has 3 aliphatic rings. The molecular formula is C30H39N6O18PS. The van der Waals surface area contributed by atoms with E-state index >= 15 is 0 Å². The molecular weight excluding hydrogens is 795 g/mol. The molecule has 56 heavy (non-hydrogen) atoms. The summed E-state index contributed by atoms with van der Waals surface area (Å²) in [6.45, 7) is -3.90. The zero-order valence-corrected chi connectivity index (χ0v) is 31.5. The zero-order chi connectivity index (χ0) is 41.0. The number of hydrogen-bond donors (Lipinski definition) is 6. The molecule has 24 nitrogen and oxygen atoms in total. The third kappa shape index (κ3) is 7.64. The first kappa shape index (κ1) is 41.5. The van der Waals surface area contributed by atoms with Crippen LogP contribution in [0.5, 0.6) is 0 Å². The predicted molar refractivity (Wildman–Crippen MR) is 188 cm³/mol. The van der Waals surface area contributed by atoms with E-state index in [0.29, 0.717) is 0 Å². The highest BCUT2D eigenvalue weighted by atomic mass is 32.7. The Hall–Kier alpha value is -4.14. The van der Waals surface area contributed by atoms with Gasteiger partial charge in [-0.05, 0) is 20.8 Å². The average Bonchev–Trinajstić information content (AvgIpc) is 3.86. The number of aliphatic hydroxyl groups is 6. The summed E-state index contributed by atoms with van der Waals surface area (Å²) in [5.41, 5.74) is -8.45. The Morgan fingerprint density at radius 3 is 1.25 bits per heavy atom. The molecule has 0 spiro atoms. The molecule has 6 rings (SSSR count). The van der Waals surface area contributed by atoms with Crippen LogP contribution in [0.3, 0.4) is 0 Å². The minimum atomic E-state index is -5.68. The van der Waals surface area contributed by atoms with Crippen LogP contribution in [-0.2, 0) is 18.8 Å². The molecule has 3 saturated heterocycles. The summed E-state index contributed by atoms with van der Waals surface area (Å²) in [6, 6.07) is 0. The maximum atomic E-state index is 15.0. The lowest BCUT2D eigenvalue weighted by molar-refractivity contribution is -0.0478. The Labute approximate surface area is 316 Å². The number of hydrogen-bond acceptors (Lipinski definition) is 19. The standard InChI is InChI=1S/C30H39N6O18PS/c1-13-7-31(22-4-16(40)19(10-37)50-22)28(46)34(25(13)43)53-55(49,54-35-26(44)14(2)8-32(29(35)47)23-5-17(41)20(11-38)51-23)56-36-27(45)15(3)9-33(30(36)48)24-6-18(42)21(12-39)52-24/h7-9,16-24,37-42H,4-6,10-12H2,1-3H3/t16-,17-,18-,19+,20+,21+,22+,23+,24+/m0/s1. The van der Waals surface area contributed by atoms with Crippen molar-refractivity contribution < 1.29 is 58.7 Å².